The Bertz CT molecular complexity index is 1230. The first-order valence-corrected chi connectivity index (χ1v) is 10.7. The number of carbonyl (C=O) groups is 1. The van der Waals surface area contributed by atoms with E-state index in [0.717, 1.165) is 39.0 Å². The largest absolute Gasteiger partial charge is 0.465 e. The van der Waals surface area contributed by atoms with Gasteiger partial charge < -0.3 is 9.64 Å². The lowest BCUT2D eigenvalue weighted by Gasteiger charge is -2.19. The van der Waals surface area contributed by atoms with Crippen LogP contribution >= 0.6 is 0 Å². The van der Waals surface area contributed by atoms with Gasteiger partial charge in [-0.05, 0) is 47.4 Å². The maximum Gasteiger partial charge on any atom is 0.325 e. The van der Waals surface area contributed by atoms with Crippen LogP contribution < -0.4 is 4.90 Å². The van der Waals surface area contributed by atoms with Crippen LogP contribution in [0.1, 0.15) is 18.1 Å². The first-order chi connectivity index (χ1) is 15.6. The molecule has 0 N–H and O–H groups in total. The fraction of sp³-hybridized carbons (Fsp3) is 0.143. The van der Waals surface area contributed by atoms with E-state index in [0.29, 0.717) is 6.61 Å². The van der Waals surface area contributed by atoms with Crippen LogP contribution in [0.4, 0.5) is 5.82 Å². The van der Waals surface area contributed by atoms with E-state index in [-0.39, 0.29) is 12.5 Å². The Hall–Kier alpha value is -3.92. The van der Waals surface area contributed by atoms with Gasteiger partial charge in [-0.25, -0.2) is 4.98 Å². The Balaban J connectivity index is 1.76. The third-order valence-electron chi connectivity index (χ3n) is 5.23. The molecule has 0 amide bonds. The number of likely N-dealkylation sites (N-methyl/N-ethyl adjacent to an activating group) is 1. The number of aromatic nitrogens is 1. The highest BCUT2D eigenvalue weighted by molar-refractivity contribution is 5.98. The van der Waals surface area contributed by atoms with Crippen LogP contribution in [0.3, 0.4) is 0 Å². The van der Waals surface area contributed by atoms with Gasteiger partial charge in [0.05, 0.1) is 12.1 Å². The van der Waals surface area contributed by atoms with E-state index in [1.165, 1.54) is 0 Å². The zero-order valence-corrected chi connectivity index (χ0v) is 18.4. The maximum absolute atomic E-state index is 12.0. The molecule has 0 saturated carbocycles. The number of benzene rings is 3. The summed E-state index contributed by atoms with van der Waals surface area (Å²) in [4.78, 5) is 18.6. The molecule has 4 aromatic rings. The molecule has 32 heavy (non-hydrogen) atoms. The van der Waals surface area contributed by atoms with E-state index in [1.54, 1.807) is 0 Å². The second kappa shape index (κ2) is 9.92. The monoisotopic (exact) mass is 422 g/mol. The van der Waals surface area contributed by atoms with E-state index < -0.39 is 0 Å². The summed E-state index contributed by atoms with van der Waals surface area (Å²) in [5.74, 6) is 0.469. The van der Waals surface area contributed by atoms with Crippen LogP contribution in [0.5, 0.6) is 0 Å². The normalized spacial score (nSPS) is 11.1. The van der Waals surface area contributed by atoms with Gasteiger partial charge in [-0.2, -0.15) is 0 Å². The van der Waals surface area contributed by atoms with Crippen LogP contribution in [-0.4, -0.2) is 31.2 Å². The molecule has 4 nitrogen and oxygen atoms in total. The van der Waals surface area contributed by atoms with Crippen molar-refractivity contribution >= 4 is 34.8 Å². The van der Waals surface area contributed by atoms with Gasteiger partial charge in [-0.3, -0.25) is 4.79 Å². The molecule has 0 fully saturated rings. The smallest absolute Gasteiger partial charge is 0.325 e. The summed E-state index contributed by atoms with van der Waals surface area (Å²) in [6.45, 7) is 2.33. The summed E-state index contributed by atoms with van der Waals surface area (Å²) in [5, 5.41) is 1.07. The summed E-state index contributed by atoms with van der Waals surface area (Å²) in [5.41, 5.74) is 5.33. The lowest BCUT2D eigenvalue weighted by molar-refractivity contribution is -0.141. The van der Waals surface area contributed by atoms with E-state index in [9.17, 15) is 4.79 Å². The Morgan fingerprint density at radius 2 is 1.59 bits per heavy atom. The molecule has 0 bridgehead atoms. The number of hydrogen-bond donors (Lipinski definition) is 0. The molecule has 0 atom stereocenters. The lowest BCUT2D eigenvalue weighted by Crippen LogP contribution is -2.27. The fourth-order valence-electron chi connectivity index (χ4n) is 3.62. The van der Waals surface area contributed by atoms with Crippen molar-refractivity contribution in [2.24, 2.45) is 0 Å². The van der Waals surface area contributed by atoms with Gasteiger partial charge in [0, 0.05) is 12.4 Å². The first-order valence-electron chi connectivity index (χ1n) is 10.7. The number of fused-ring (bicyclic) bond motifs is 1. The van der Waals surface area contributed by atoms with E-state index >= 15 is 0 Å². The Morgan fingerprint density at radius 1 is 0.906 bits per heavy atom. The molecule has 0 unspecified atom stereocenters. The van der Waals surface area contributed by atoms with Gasteiger partial charge in [-0.1, -0.05) is 78.9 Å². The van der Waals surface area contributed by atoms with Gasteiger partial charge in [0.25, 0.3) is 0 Å². The average molecular weight is 423 g/mol. The number of rotatable bonds is 7. The second-order valence-electron chi connectivity index (χ2n) is 7.58. The van der Waals surface area contributed by atoms with E-state index in [1.807, 2.05) is 67.4 Å². The van der Waals surface area contributed by atoms with Crippen molar-refractivity contribution in [1.82, 2.24) is 4.98 Å². The third-order valence-corrected chi connectivity index (χ3v) is 5.23. The second-order valence-corrected chi connectivity index (χ2v) is 7.58. The molecular weight excluding hydrogens is 396 g/mol. The van der Waals surface area contributed by atoms with Gasteiger partial charge >= 0.3 is 5.97 Å². The first kappa shape index (κ1) is 21.3. The van der Waals surface area contributed by atoms with Crippen LogP contribution in [0, 0.1) is 0 Å². The summed E-state index contributed by atoms with van der Waals surface area (Å²) in [6, 6.07) is 28.8. The number of hydrogen-bond acceptors (Lipinski definition) is 4. The fourth-order valence-corrected chi connectivity index (χ4v) is 3.62. The van der Waals surface area contributed by atoms with Gasteiger partial charge in [0.2, 0.25) is 0 Å². The molecule has 0 aliphatic rings. The number of carbonyl (C=O) groups excluding carboxylic acids is 1. The molecule has 0 spiro atoms. The van der Waals surface area contributed by atoms with Crippen molar-refractivity contribution < 1.29 is 9.53 Å². The van der Waals surface area contributed by atoms with Crippen molar-refractivity contribution in [3.05, 3.63) is 96.1 Å². The number of anilines is 1. The molecule has 3 aromatic carbocycles. The average Bonchev–Trinajstić information content (AvgIpc) is 2.83. The molecule has 4 heteroatoms. The minimum absolute atomic E-state index is 0.151. The van der Waals surface area contributed by atoms with Crippen LogP contribution in [0.25, 0.3) is 34.2 Å². The maximum atomic E-state index is 12.0. The van der Waals surface area contributed by atoms with Gasteiger partial charge in [0.15, 0.2) is 0 Å². The van der Waals surface area contributed by atoms with Crippen LogP contribution in [0.15, 0.2) is 84.9 Å². The Kier molecular flexibility index (Phi) is 6.61. The highest BCUT2D eigenvalue weighted by atomic mass is 16.5. The van der Waals surface area contributed by atoms with Crippen molar-refractivity contribution in [1.29, 1.82) is 0 Å². The minimum atomic E-state index is -0.264. The molecule has 0 aliphatic carbocycles. The molecule has 0 saturated heterocycles. The number of esters is 1. The summed E-state index contributed by atoms with van der Waals surface area (Å²) in [7, 11) is 1.86. The number of nitrogens with zero attached hydrogens (tertiary/aromatic N) is 2. The SMILES string of the molecule is CCOC(=O)CN(C)c1cc(-c2ccccc2)c2cc(/C=C/c3ccccc3)ccc2n1. The van der Waals surface area contributed by atoms with Crippen molar-refractivity contribution in [2.75, 3.05) is 25.1 Å². The standard InChI is InChI=1S/C28H26N2O2/c1-3-32-28(31)20-30(2)27-19-24(23-12-8-5-9-13-23)25-18-22(16-17-26(25)29-27)15-14-21-10-6-4-7-11-21/h4-19H,3,20H2,1-2H3/b15-14+. The number of pyridine rings is 1. The van der Waals surface area contributed by atoms with Crippen molar-refractivity contribution in [2.45, 2.75) is 6.92 Å². The number of ether oxygens (including phenoxy) is 1. The van der Waals surface area contributed by atoms with E-state index in [2.05, 4.69) is 48.6 Å². The highest BCUT2D eigenvalue weighted by Crippen LogP contribution is 2.32. The lowest BCUT2D eigenvalue weighted by atomic mass is 9.99. The summed E-state index contributed by atoms with van der Waals surface area (Å²) >= 11 is 0. The third kappa shape index (κ3) is 5.03. The molecular formula is C28H26N2O2. The highest BCUT2D eigenvalue weighted by Gasteiger charge is 2.14. The van der Waals surface area contributed by atoms with E-state index in [4.69, 9.17) is 9.72 Å². The Morgan fingerprint density at radius 3 is 2.31 bits per heavy atom. The zero-order valence-electron chi connectivity index (χ0n) is 18.4. The zero-order chi connectivity index (χ0) is 22.3. The summed E-state index contributed by atoms with van der Waals surface area (Å²) < 4.78 is 5.10. The van der Waals surface area contributed by atoms with Gasteiger partial charge in [-0.15, -0.1) is 0 Å². The molecule has 1 aromatic heterocycles. The van der Waals surface area contributed by atoms with Crippen LogP contribution in [-0.2, 0) is 9.53 Å². The molecule has 160 valence electrons. The molecule has 0 radical (unpaired) electrons. The minimum Gasteiger partial charge on any atom is -0.465 e. The van der Waals surface area contributed by atoms with Crippen molar-refractivity contribution in [3.8, 4) is 11.1 Å². The predicted molar refractivity (Wildman–Crippen MR) is 132 cm³/mol. The topological polar surface area (TPSA) is 42.4 Å². The quantitative estimate of drug-likeness (QED) is 0.268. The molecule has 1 heterocycles. The predicted octanol–water partition coefficient (Wildman–Crippen LogP) is 6.07. The summed E-state index contributed by atoms with van der Waals surface area (Å²) in [6.07, 6.45) is 4.22. The van der Waals surface area contributed by atoms with Gasteiger partial charge in [0.1, 0.15) is 12.4 Å². The molecule has 0 aliphatic heterocycles. The molecule has 4 rings (SSSR count). The van der Waals surface area contributed by atoms with Crippen molar-refractivity contribution in [3.63, 3.8) is 0 Å². The van der Waals surface area contributed by atoms with Crippen LogP contribution in [0.2, 0.25) is 0 Å². The Labute approximate surface area is 188 Å².